The molecule has 0 spiro atoms. The normalized spacial score (nSPS) is 11.7. The van der Waals surface area contributed by atoms with Gasteiger partial charge >= 0.3 is 42.6 Å². The van der Waals surface area contributed by atoms with E-state index in [-0.39, 0.29) is 0 Å². The average molecular weight is 336 g/mol. The molecule has 0 unspecified atom stereocenters. The van der Waals surface area contributed by atoms with E-state index in [0.29, 0.717) is 0 Å². The number of rotatable bonds is 6. The molecule has 0 aromatic rings. The third kappa shape index (κ3) is 22.5. The Kier molecular flexibility index (Phi) is 17.6. The van der Waals surface area contributed by atoms with Crippen molar-refractivity contribution in [3.8, 4) is 0 Å². The van der Waals surface area contributed by atoms with E-state index in [2.05, 4.69) is 24.2 Å². The molecule has 0 N–H and O–H groups in total. The second-order valence-electron chi connectivity index (χ2n) is 3.40. The Bertz CT molecular complexity index is 228. The van der Waals surface area contributed by atoms with Crippen molar-refractivity contribution >= 4 is 33.6 Å². The predicted molar refractivity (Wildman–Crippen MR) is 78.1 cm³/mol. The van der Waals surface area contributed by atoms with Gasteiger partial charge in [-0.3, -0.25) is 4.99 Å². The minimum atomic E-state index is -1.92. The van der Waals surface area contributed by atoms with Crippen LogP contribution in [0.4, 0.5) is 0 Å². The Labute approximate surface area is 123 Å². The summed E-state index contributed by atoms with van der Waals surface area (Å²) < 4.78 is 0. The first-order valence-corrected chi connectivity index (χ1v) is 12.1. The van der Waals surface area contributed by atoms with E-state index in [1.165, 1.54) is 0 Å². The van der Waals surface area contributed by atoms with Crippen molar-refractivity contribution in [3.63, 3.8) is 0 Å². The molecule has 0 aliphatic carbocycles. The molecule has 17 heavy (non-hydrogen) atoms. The number of halogens is 3. The molecule has 0 aliphatic rings. The van der Waals surface area contributed by atoms with Crippen LogP contribution >= 0.6 is 27.9 Å². The number of aliphatic imine (C=N–C) groups is 1. The summed E-state index contributed by atoms with van der Waals surface area (Å²) in [5.41, 5.74) is 2.17. The van der Waals surface area contributed by atoms with Crippen LogP contribution in [-0.4, -0.2) is 18.8 Å². The molecule has 0 aromatic heterocycles. The fourth-order valence-corrected chi connectivity index (χ4v) is 0.970. The summed E-state index contributed by atoms with van der Waals surface area (Å²) >= 11 is -1.92. The fourth-order valence-electron chi connectivity index (χ4n) is 0.970. The maximum absolute atomic E-state index is 4.97. The summed E-state index contributed by atoms with van der Waals surface area (Å²) in [6, 6.07) is 0. The van der Waals surface area contributed by atoms with Gasteiger partial charge in [-0.05, 0) is 13.3 Å². The van der Waals surface area contributed by atoms with E-state index in [4.69, 9.17) is 27.9 Å². The van der Waals surface area contributed by atoms with Crippen molar-refractivity contribution in [3.05, 3.63) is 17.1 Å². The Balaban J connectivity index is 0. The van der Waals surface area contributed by atoms with Crippen LogP contribution in [0.1, 0.15) is 40.5 Å². The van der Waals surface area contributed by atoms with Crippen molar-refractivity contribution in [1.82, 2.24) is 0 Å². The van der Waals surface area contributed by atoms with E-state index < -0.39 is 14.7 Å². The molecule has 0 saturated heterocycles. The number of hydrogen-bond acceptors (Lipinski definition) is 1. The Morgan fingerprint density at radius 1 is 1.18 bits per heavy atom. The molecule has 0 amide bonds. The molecular weight excluding hydrogens is 314 g/mol. The first-order chi connectivity index (χ1) is 7.93. The van der Waals surface area contributed by atoms with Gasteiger partial charge in [-0.1, -0.05) is 33.3 Å². The van der Waals surface area contributed by atoms with E-state index in [0.717, 1.165) is 37.3 Å². The van der Waals surface area contributed by atoms with Crippen LogP contribution in [0.15, 0.2) is 16.8 Å². The standard InChI is InChI=1S/C11H21N2.3ClH.Ti/c1-5-7-12-10(3)9-11(4)13-8-6-2;;;;/h9H,5-8H2,1-4H3;3*1H;/q-1;;;;+4/p-3/b10-9-,13-11?;;;;. The van der Waals surface area contributed by atoms with Crippen LogP contribution in [0.2, 0.25) is 0 Å². The maximum atomic E-state index is 4.97. The Morgan fingerprint density at radius 3 is 2.12 bits per heavy atom. The van der Waals surface area contributed by atoms with Gasteiger partial charge in [0.25, 0.3) is 0 Å². The summed E-state index contributed by atoms with van der Waals surface area (Å²) in [6.07, 6.45) is 4.26. The molecule has 0 bridgehead atoms. The van der Waals surface area contributed by atoms with Gasteiger partial charge in [-0.25, -0.2) is 0 Å². The van der Waals surface area contributed by atoms with E-state index in [9.17, 15) is 0 Å². The van der Waals surface area contributed by atoms with Gasteiger partial charge < -0.3 is 5.32 Å². The van der Waals surface area contributed by atoms with Crippen molar-refractivity contribution in [2.75, 3.05) is 13.1 Å². The molecule has 0 saturated carbocycles. The van der Waals surface area contributed by atoms with Crippen LogP contribution in [0, 0.1) is 0 Å². The quantitative estimate of drug-likeness (QED) is 0.445. The van der Waals surface area contributed by atoms with E-state index in [1.807, 2.05) is 19.9 Å². The van der Waals surface area contributed by atoms with Crippen LogP contribution < -0.4 is 0 Å². The molecule has 0 heterocycles. The summed E-state index contributed by atoms with van der Waals surface area (Å²) in [5, 5.41) is 4.37. The molecule has 0 rings (SSSR count). The van der Waals surface area contributed by atoms with Crippen LogP contribution in [0.3, 0.4) is 0 Å². The topological polar surface area (TPSA) is 26.5 Å². The molecule has 0 aromatic carbocycles. The Morgan fingerprint density at radius 2 is 1.71 bits per heavy atom. The zero-order valence-electron chi connectivity index (χ0n) is 10.9. The zero-order valence-corrected chi connectivity index (χ0v) is 14.8. The third-order valence-electron chi connectivity index (χ3n) is 1.59. The molecule has 0 aliphatic heterocycles. The van der Waals surface area contributed by atoms with Gasteiger partial charge in [-0.2, -0.15) is 5.70 Å². The van der Waals surface area contributed by atoms with Gasteiger partial charge in [0.15, 0.2) is 0 Å². The average Bonchev–Trinajstić information content (AvgIpc) is 2.22. The van der Waals surface area contributed by atoms with Gasteiger partial charge in [0.1, 0.15) is 0 Å². The van der Waals surface area contributed by atoms with Crippen molar-refractivity contribution < 1.29 is 14.7 Å². The summed E-state index contributed by atoms with van der Waals surface area (Å²) in [4.78, 5) is 4.37. The number of hydrogen-bond donors (Lipinski definition) is 0. The molecule has 0 radical (unpaired) electrons. The third-order valence-corrected chi connectivity index (χ3v) is 1.59. The fraction of sp³-hybridized carbons (Fsp3) is 0.727. The summed E-state index contributed by atoms with van der Waals surface area (Å²) in [7, 11) is 14.9. The summed E-state index contributed by atoms with van der Waals surface area (Å²) in [6.45, 7) is 10.2. The van der Waals surface area contributed by atoms with Crippen molar-refractivity contribution in [2.45, 2.75) is 40.5 Å². The Hall–Kier alpha value is 0.794. The number of nitrogens with zero attached hydrogens (tertiary/aromatic N) is 2. The zero-order chi connectivity index (χ0) is 13.7. The monoisotopic (exact) mass is 334 g/mol. The predicted octanol–water partition coefficient (Wildman–Crippen LogP) is 5.61. The van der Waals surface area contributed by atoms with Crippen molar-refractivity contribution in [2.24, 2.45) is 4.99 Å². The van der Waals surface area contributed by atoms with Gasteiger partial charge in [-0.15, -0.1) is 6.54 Å². The number of allylic oxidation sites excluding steroid dienone is 2. The summed E-state index contributed by atoms with van der Waals surface area (Å²) in [5.74, 6) is 0. The minimum absolute atomic E-state index is 0.920. The van der Waals surface area contributed by atoms with E-state index >= 15 is 0 Å². The second-order valence-corrected chi connectivity index (χ2v) is 11.1. The van der Waals surface area contributed by atoms with Gasteiger partial charge in [0.05, 0.1) is 0 Å². The first-order valence-electron chi connectivity index (χ1n) is 5.64. The SMILES string of the molecule is CCCN=C(C)/C=C(/C)[N-]CCC.[Cl][Ti+]([Cl])[Cl]. The van der Waals surface area contributed by atoms with Crippen LogP contribution in [0.5, 0.6) is 0 Å². The van der Waals surface area contributed by atoms with Crippen molar-refractivity contribution in [1.29, 1.82) is 0 Å². The van der Waals surface area contributed by atoms with Crippen LogP contribution in [-0.2, 0) is 14.7 Å². The molecule has 0 atom stereocenters. The van der Waals surface area contributed by atoms with E-state index in [1.54, 1.807) is 0 Å². The molecule has 100 valence electrons. The molecule has 6 heteroatoms. The molecule has 2 nitrogen and oxygen atoms in total. The van der Waals surface area contributed by atoms with Crippen LogP contribution in [0.25, 0.3) is 5.32 Å². The first kappa shape index (κ1) is 20.1. The second kappa shape index (κ2) is 14.9. The molecule has 0 fully saturated rings. The van der Waals surface area contributed by atoms with Gasteiger partial charge in [0.2, 0.25) is 0 Å². The van der Waals surface area contributed by atoms with Gasteiger partial charge in [0, 0.05) is 12.3 Å². The molecular formula is C11H21Cl3N2Ti.